The van der Waals surface area contributed by atoms with Crippen molar-refractivity contribution in [3.63, 3.8) is 0 Å². The van der Waals surface area contributed by atoms with Crippen LogP contribution in [0.15, 0.2) is 24.3 Å². The molecule has 2 rings (SSSR count). The molecule has 0 spiro atoms. The Hall–Kier alpha value is -1.06. The van der Waals surface area contributed by atoms with Crippen LogP contribution in [-0.4, -0.2) is 42.8 Å². The molecule has 1 aliphatic heterocycles. The van der Waals surface area contributed by atoms with Gasteiger partial charge in [0.2, 0.25) is 0 Å². The second-order valence-corrected chi connectivity index (χ2v) is 5.81. The second kappa shape index (κ2) is 6.40. The summed E-state index contributed by atoms with van der Waals surface area (Å²) in [6.45, 7) is 3.48. The van der Waals surface area contributed by atoms with Crippen LogP contribution in [0, 0.1) is 0 Å². The van der Waals surface area contributed by atoms with Gasteiger partial charge in [-0.15, -0.1) is 0 Å². The molecule has 106 valence electrons. The molecule has 2 atom stereocenters. The molecule has 1 heterocycles. The fourth-order valence-corrected chi connectivity index (χ4v) is 3.10. The number of likely N-dealkylation sites (tertiary alicyclic amines) is 1. The third-order valence-corrected chi connectivity index (χ3v) is 4.23. The highest BCUT2D eigenvalue weighted by molar-refractivity contribution is 5.52. The maximum absolute atomic E-state index is 9.58. The number of para-hydroxylation sites is 1. The Kier molecular flexibility index (Phi) is 4.83. The van der Waals surface area contributed by atoms with Gasteiger partial charge in [0.05, 0.1) is 6.61 Å². The van der Waals surface area contributed by atoms with E-state index in [1.807, 2.05) is 0 Å². The Morgan fingerprint density at radius 3 is 2.68 bits per heavy atom. The minimum absolute atomic E-state index is 0.272. The van der Waals surface area contributed by atoms with Gasteiger partial charge in [-0.2, -0.15) is 0 Å². The van der Waals surface area contributed by atoms with E-state index in [0.29, 0.717) is 12.1 Å². The molecule has 1 saturated heterocycles. The van der Waals surface area contributed by atoms with Gasteiger partial charge in [0, 0.05) is 38.4 Å². The Labute approximate surface area is 116 Å². The lowest BCUT2D eigenvalue weighted by atomic mass is 9.96. The van der Waals surface area contributed by atoms with Gasteiger partial charge in [-0.1, -0.05) is 24.6 Å². The van der Waals surface area contributed by atoms with Crippen molar-refractivity contribution in [1.82, 2.24) is 4.90 Å². The molecular weight excluding hydrogens is 236 g/mol. The first-order valence-electron chi connectivity index (χ1n) is 7.25. The summed E-state index contributed by atoms with van der Waals surface area (Å²) in [7, 11) is 4.17. The molecule has 1 N–H and O–H groups in total. The van der Waals surface area contributed by atoms with E-state index in [-0.39, 0.29) is 6.61 Å². The zero-order valence-corrected chi connectivity index (χ0v) is 12.3. The predicted molar refractivity (Wildman–Crippen MR) is 80.5 cm³/mol. The molecule has 1 fully saturated rings. The number of nitrogens with zero attached hydrogens (tertiary/aromatic N) is 2. The van der Waals surface area contributed by atoms with Gasteiger partial charge in [-0.25, -0.2) is 0 Å². The average molecular weight is 262 g/mol. The molecule has 1 aromatic carbocycles. The van der Waals surface area contributed by atoms with Gasteiger partial charge in [0.25, 0.3) is 0 Å². The van der Waals surface area contributed by atoms with Crippen LogP contribution < -0.4 is 4.90 Å². The van der Waals surface area contributed by atoms with E-state index in [4.69, 9.17) is 0 Å². The molecule has 1 aliphatic rings. The molecule has 0 amide bonds. The lowest BCUT2D eigenvalue weighted by Gasteiger charge is -2.40. The molecule has 3 nitrogen and oxygen atoms in total. The van der Waals surface area contributed by atoms with Crippen molar-refractivity contribution < 1.29 is 5.11 Å². The molecule has 19 heavy (non-hydrogen) atoms. The summed E-state index contributed by atoms with van der Waals surface area (Å²) >= 11 is 0. The quantitative estimate of drug-likeness (QED) is 0.903. The normalized spacial score (nSPS) is 24.4. The third-order valence-electron chi connectivity index (χ3n) is 4.23. The molecule has 0 radical (unpaired) electrons. The molecule has 0 saturated carbocycles. The number of hydrogen-bond donors (Lipinski definition) is 1. The van der Waals surface area contributed by atoms with Crippen LogP contribution in [0.2, 0.25) is 0 Å². The summed E-state index contributed by atoms with van der Waals surface area (Å²) in [5, 5.41) is 9.58. The first-order valence-corrected chi connectivity index (χ1v) is 7.25. The zero-order valence-electron chi connectivity index (χ0n) is 12.3. The van der Waals surface area contributed by atoms with Gasteiger partial charge in [0.15, 0.2) is 0 Å². The van der Waals surface area contributed by atoms with Gasteiger partial charge in [-0.05, 0) is 31.4 Å². The van der Waals surface area contributed by atoms with E-state index in [0.717, 1.165) is 13.0 Å². The number of piperidine rings is 1. The van der Waals surface area contributed by atoms with Crippen molar-refractivity contribution in [2.75, 3.05) is 25.6 Å². The fraction of sp³-hybridized carbons (Fsp3) is 0.625. The predicted octanol–water partition coefficient (Wildman–Crippen LogP) is 2.49. The van der Waals surface area contributed by atoms with Gasteiger partial charge >= 0.3 is 0 Å². The summed E-state index contributed by atoms with van der Waals surface area (Å²) in [5.41, 5.74) is 2.62. The van der Waals surface area contributed by atoms with Gasteiger partial charge in [0.1, 0.15) is 0 Å². The molecule has 2 unspecified atom stereocenters. The van der Waals surface area contributed by atoms with E-state index in [2.05, 4.69) is 55.1 Å². The lowest BCUT2D eigenvalue weighted by Crippen LogP contribution is -2.46. The van der Waals surface area contributed by atoms with Crippen molar-refractivity contribution >= 4 is 5.69 Å². The summed E-state index contributed by atoms with van der Waals surface area (Å²) in [5.74, 6) is 0. The highest BCUT2D eigenvalue weighted by Gasteiger charge is 2.27. The first-order chi connectivity index (χ1) is 9.13. The number of rotatable bonds is 4. The minimum atomic E-state index is 0.272. The lowest BCUT2D eigenvalue weighted by molar-refractivity contribution is 0.0453. The summed E-state index contributed by atoms with van der Waals surface area (Å²) in [4.78, 5) is 4.63. The monoisotopic (exact) mass is 262 g/mol. The topological polar surface area (TPSA) is 26.7 Å². The van der Waals surface area contributed by atoms with Crippen LogP contribution in [0.3, 0.4) is 0 Å². The van der Waals surface area contributed by atoms with Crippen molar-refractivity contribution in [1.29, 1.82) is 0 Å². The third kappa shape index (κ3) is 3.28. The van der Waals surface area contributed by atoms with E-state index in [1.165, 1.54) is 24.1 Å². The van der Waals surface area contributed by atoms with Crippen LogP contribution >= 0.6 is 0 Å². The Bertz CT molecular complexity index is 405. The fourth-order valence-electron chi connectivity index (χ4n) is 3.10. The van der Waals surface area contributed by atoms with Crippen LogP contribution in [0.5, 0.6) is 0 Å². The standard InChI is InChI=1S/C16H26N2O/c1-13-7-6-9-15(12-19)18(13)11-14-8-4-5-10-16(14)17(2)3/h4-5,8,10,13,15,19H,6-7,9,11-12H2,1-3H3. The molecule has 1 aromatic rings. The Balaban J connectivity index is 2.19. The zero-order chi connectivity index (χ0) is 13.8. The van der Waals surface area contributed by atoms with E-state index < -0.39 is 0 Å². The second-order valence-electron chi connectivity index (χ2n) is 5.81. The van der Waals surface area contributed by atoms with Crippen molar-refractivity contribution in [2.24, 2.45) is 0 Å². The van der Waals surface area contributed by atoms with Gasteiger partial charge in [-0.3, -0.25) is 4.90 Å². The highest BCUT2D eigenvalue weighted by Crippen LogP contribution is 2.27. The summed E-state index contributed by atoms with van der Waals surface area (Å²) in [6, 6.07) is 9.43. The number of benzene rings is 1. The number of anilines is 1. The molecule has 0 aromatic heterocycles. The Morgan fingerprint density at radius 1 is 1.26 bits per heavy atom. The van der Waals surface area contributed by atoms with E-state index in [1.54, 1.807) is 0 Å². The van der Waals surface area contributed by atoms with Crippen LogP contribution in [0.1, 0.15) is 31.7 Å². The Morgan fingerprint density at radius 2 is 2.00 bits per heavy atom. The summed E-state index contributed by atoms with van der Waals surface area (Å²) < 4.78 is 0. The molecule has 0 bridgehead atoms. The van der Waals surface area contributed by atoms with Crippen LogP contribution in [-0.2, 0) is 6.54 Å². The largest absolute Gasteiger partial charge is 0.395 e. The maximum Gasteiger partial charge on any atom is 0.0587 e. The molecular formula is C16H26N2O. The van der Waals surface area contributed by atoms with Crippen LogP contribution in [0.4, 0.5) is 5.69 Å². The van der Waals surface area contributed by atoms with Gasteiger partial charge < -0.3 is 10.0 Å². The smallest absolute Gasteiger partial charge is 0.0587 e. The molecule has 0 aliphatic carbocycles. The number of hydrogen-bond acceptors (Lipinski definition) is 3. The van der Waals surface area contributed by atoms with Crippen LogP contribution in [0.25, 0.3) is 0 Å². The number of aliphatic hydroxyl groups excluding tert-OH is 1. The van der Waals surface area contributed by atoms with Crippen molar-refractivity contribution in [3.05, 3.63) is 29.8 Å². The number of aliphatic hydroxyl groups is 1. The van der Waals surface area contributed by atoms with E-state index >= 15 is 0 Å². The first kappa shape index (κ1) is 14.4. The van der Waals surface area contributed by atoms with E-state index in [9.17, 15) is 5.11 Å². The average Bonchev–Trinajstić information content (AvgIpc) is 2.41. The SMILES string of the molecule is CC1CCCC(CO)N1Cc1ccccc1N(C)C. The minimum Gasteiger partial charge on any atom is -0.395 e. The maximum atomic E-state index is 9.58. The molecule has 3 heteroatoms. The van der Waals surface area contributed by atoms with Crippen molar-refractivity contribution in [3.8, 4) is 0 Å². The van der Waals surface area contributed by atoms with Crippen molar-refractivity contribution in [2.45, 2.75) is 44.8 Å². The highest BCUT2D eigenvalue weighted by atomic mass is 16.3. The summed E-state index contributed by atoms with van der Waals surface area (Å²) in [6.07, 6.45) is 3.59.